The van der Waals surface area contributed by atoms with Gasteiger partial charge in [-0.3, -0.25) is 4.79 Å². The number of carboxylic acid groups (broad SMARTS) is 1. The minimum Gasteiger partial charge on any atom is -0.481 e. The molecule has 0 aromatic carbocycles. The van der Waals surface area contributed by atoms with Gasteiger partial charge in [0.2, 0.25) is 0 Å². The van der Waals surface area contributed by atoms with E-state index in [1.54, 1.807) is 0 Å². The van der Waals surface area contributed by atoms with Crippen molar-refractivity contribution in [3.8, 4) is 0 Å². The first-order valence-electron chi connectivity index (χ1n) is 1.15. The van der Waals surface area contributed by atoms with E-state index in [-0.39, 0.29) is 0 Å². The zero-order valence-corrected chi connectivity index (χ0v) is 4.07. The quantitative estimate of drug-likeness (QED) is 0.439. The summed E-state index contributed by atoms with van der Waals surface area (Å²) >= 11 is 4.14. The normalized spacial score (nSPS) is 5.17. The highest BCUT2D eigenvalue weighted by Gasteiger charge is 1.65. The second kappa shape index (κ2) is 8.83. The molecule has 0 bridgehead atoms. The summed E-state index contributed by atoms with van der Waals surface area (Å²) in [5.74, 6) is -0.833. The zero-order chi connectivity index (χ0) is 5.58. The van der Waals surface area contributed by atoms with Gasteiger partial charge in [0, 0.05) is 6.92 Å². The van der Waals surface area contributed by atoms with E-state index in [1.165, 1.54) is 0 Å². The Morgan fingerprint density at radius 3 is 1.83 bits per heavy atom. The van der Waals surface area contributed by atoms with Crippen LogP contribution in [-0.2, 0) is 4.79 Å². The molecule has 0 aromatic heterocycles. The van der Waals surface area contributed by atoms with Gasteiger partial charge in [0.15, 0.2) is 0 Å². The molecular formula is C2H6ClNO2. The van der Waals surface area contributed by atoms with E-state index in [4.69, 9.17) is 9.90 Å². The van der Waals surface area contributed by atoms with Crippen LogP contribution in [0.2, 0.25) is 0 Å². The predicted octanol–water partition coefficient (Wildman–Crippen LogP) is 0.190. The van der Waals surface area contributed by atoms with Crippen LogP contribution in [-0.4, -0.2) is 11.1 Å². The van der Waals surface area contributed by atoms with Crippen LogP contribution >= 0.6 is 11.8 Å². The van der Waals surface area contributed by atoms with Gasteiger partial charge in [0.05, 0.1) is 0 Å². The average molecular weight is 112 g/mol. The summed E-state index contributed by atoms with van der Waals surface area (Å²) < 4.78 is 0. The summed E-state index contributed by atoms with van der Waals surface area (Å²) in [6.45, 7) is 1.08. The molecule has 0 saturated heterocycles. The van der Waals surface area contributed by atoms with Crippen LogP contribution in [0.4, 0.5) is 0 Å². The fraction of sp³-hybridized carbons (Fsp3) is 0.500. The van der Waals surface area contributed by atoms with E-state index in [0.29, 0.717) is 0 Å². The number of hydrogen-bond donors (Lipinski definition) is 2. The van der Waals surface area contributed by atoms with Crippen molar-refractivity contribution in [2.24, 2.45) is 5.25 Å². The van der Waals surface area contributed by atoms with Crippen LogP contribution in [0.5, 0.6) is 0 Å². The molecule has 0 aliphatic carbocycles. The second-order valence-corrected chi connectivity index (χ2v) is 0.519. The van der Waals surface area contributed by atoms with Gasteiger partial charge in [-0.05, 0) is 11.8 Å². The molecule has 0 radical (unpaired) electrons. The van der Waals surface area contributed by atoms with Crippen LogP contribution < -0.4 is 5.25 Å². The van der Waals surface area contributed by atoms with Gasteiger partial charge in [-0.15, -0.1) is 0 Å². The molecule has 4 heteroatoms. The Bertz CT molecular complexity index is 34.5. The Balaban J connectivity index is 0. The Labute approximate surface area is 40.8 Å². The van der Waals surface area contributed by atoms with Gasteiger partial charge in [-0.25, -0.2) is 5.25 Å². The maximum absolute atomic E-state index is 9.00. The van der Waals surface area contributed by atoms with Crippen molar-refractivity contribution in [1.82, 2.24) is 0 Å². The maximum Gasteiger partial charge on any atom is 0.300 e. The average Bonchev–Trinajstić information content (AvgIpc) is 1.41. The van der Waals surface area contributed by atoms with Crippen molar-refractivity contribution >= 4 is 17.7 Å². The topological polar surface area (TPSA) is 63.3 Å². The first-order valence-corrected chi connectivity index (χ1v) is 1.58. The third kappa shape index (κ3) is 351. The summed E-state index contributed by atoms with van der Waals surface area (Å²) in [7, 11) is 0. The molecular weight excluding hydrogens is 105 g/mol. The van der Waals surface area contributed by atoms with Crippen LogP contribution in [0.3, 0.4) is 0 Å². The fourth-order valence-corrected chi connectivity index (χ4v) is 0. The number of nitrogens with two attached hydrogens (primary N) is 1. The summed E-state index contributed by atoms with van der Waals surface area (Å²) in [6, 6.07) is 0. The highest BCUT2D eigenvalue weighted by atomic mass is 35.5. The first-order chi connectivity index (χ1) is 2.73. The third-order valence-electron chi connectivity index (χ3n) is 0. The molecule has 0 heterocycles. The lowest BCUT2D eigenvalue weighted by Gasteiger charge is -1.59. The van der Waals surface area contributed by atoms with Crippen molar-refractivity contribution in [3.05, 3.63) is 0 Å². The van der Waals surface area contributed by atoms with Gasteiger partial charge < -0.3 is 5.11 Å². The molecule has 0 rings (SSSR count). The monoisotopic (exact) mass is 111 g/mol. The van der Waals surface area contributed by atoms with Crippen molar-refractivity contribution in [2.45, 2.75) is 6.92 Å². The molecule has 0 spiro atoms. The highest BCUT2D eigenvalue weighted by molar-refractivity contribution is 6.11. The highest BCUT2D eigenvalue weighted by Crippen LogP contribution is 1.42. The number of rotatable bonds is 0. The van der Waals surface area contributed by atoms with Gasteiger partial charge in [0.25, 0.3) is 5.97 Å². The summed E-state index contributed by atoms with van der Waals surface area (Å²) in [5.41, 5.74) is 0. The zero-order valence-electron chi connectivity index (χ0n) is 3.31. The van der Waals surface area contributed by atoms with Crippen molar-refractivity contribution < 1.29 is 9.90 Å². The molecule has 0 fully saturated rings. The smallest absolute Gasteiger partial charge is 0.300 e. The van der Waals surface area contributed by atoms with Gasteiger partial charge in [0.1, 0.15) is 0 Å². The van der Waals surface area contributed by atoms with Crippen molar-refractivity contribution in [2.75, 3.05) is 0 Å². The fourth-order valence-electron chi connectivity index (χ4n) is 0. The van der Waals surface area contributed by atoms with Crippen molar-refractivity contribution in [1.29, 1.82) is 0 Å². The first kappa shape index (κ1) is 9.21. The predicted molar refractivity (Wildman–Crippen MR) is 23.4 cm³/mol. The summed E-state index contributed by atoms with van der Waals surface area (Å²) in [4.78, 5) is 9.00. The molecule has 0 aromatic rings. The van der Waals surface area contributed by atoms with Crippen LogP contribution in [0.1, 0.15) is 6.92 Å². The Morgan fingerprint density at radius 1 is 1.83 bits per heavy atom. The number of carboxylic acids is 1. The van der Waals surface area contributed by atoms with E-state index in [0.717, 1.165) is 6.92 Å². The minimum atomic E-state index is -0.833. The second-order valence-electron chi connectivity index (χ2n) is 0.519. The van der Waals surface area contributed by atoms with Gasteiger partial charge in [-0.1, -0.05) is 0 Å². The van der Waals surface area contributed by atoms with Gasteiger partial charge in [-0.2, -0.15) is 0 Å². The van der Waals surface area contributed by atoms with E-state index >= 15 is 0 Å². The molecule has 0 unspecified atom stereocenters. The molecule has 0 aliphatic rings. The van der Waals surface area contributed by atoms with Gasteiger partial charge >= 0.3 is 0 Å². The summed E-state index contributed by atoms with van der Waals surface area (Å²) in [6.07, 6.45) is 0. The number of halogens is 1. The van der Waals surface area contributed by atoms with E-state index in [9.17, 15) is 0 Å². The van der Waals surface area contributed by atoms with Crippen molar-refractivity contribution in [3.63, 3.8) is 0 Å². The molecule has 0 amide bonds. The third-order valence-corrected chi connectivity index (χ3v) is 0. The number of aliphatic carboxylic acids is 1. The molecule has 0 aliphatic heterocycles. The maximum atomic E-state index is 9.00. The molecule has 38 valence electrons. The van der Waals surface area contributed by atoms with E-state index in [1.807, 2.05) is 0 Å². The van der Waals surface area contributed by atoms with Crippen LogP contribution in [0.15, 0.2) is 0 Å². The lowest BCUT2D eigenvalue weighted by Crippen LogP contribution is -1.78. The Kier molecular flexibility index (Phi) is 13.5. The van der Waals surface area contributed by atoms with Crippen LogP contribution in [0, 0.1) is 0 Å². The SMILES string of the molecule is CC(=O)O.NCl. The largest absolute Gasteiger partial charge is 0.481 e. The van der Waals surface area contributed by atoms with Crippen LogP contribution in [0.25, 0.3) is 0 Å². The van der Waals surface area contributed by atoms with E-state index in [2.05, 4.69) is 17.0 Å². The molecule has 0 saturated carbocycles. The lowest BCUT2D eigenvalue weighted by molar-refractivity contribution is -0.134. The molecule has 6 heavy (non-hydrogen) atoms. The minimum absolute atomic E-state index is 0.833. The standard InChI is InChI=1S/C2H4O2.ClH2N/c1-2(3)4;1-2/h1H3,(H,3,4);2H2. The molecule has 3 nitrogen and oxygen atoms in total. The lowest BCUT2D eigenvalue weighted by atomic mass is 10.9. The van der Waals surface area contributed by atoms with E-state index < -0.39 is 5.97 Å². The Morgan fingerprint density at radius 2 is 1.83 bits per heavy atom. The number of hydrogen-bond acceptors (Lipinski definition) is 2. The molecule has 3 N–H and O–H groups in total. The summed E-state index contributed by atoms with van der Waals surface area (Å²) in [5, 5.41) is 11.4. The number of carbonyl (C=O) groups is 1. The Hall–Kier alpha value is -0.280. The molecule has 0 atom stereocenters.